The SMILES string of the molecule is CCn1cnnc1CCNc1cc(C2CCN(C)CC2)ncn1. The van der Waals surface area contributed by atoms with Crippen molar-refractivity contribution in [2.75, 3.05) is 32.0 Å². The molecule has 0 aliphatic carbocycles. The first-order valence-corrected chi connectivity index (χ1v) is 8.37. The first kappa shape index (κ1) is 15.9. The molecule has 7 nitrogen and oxygen atoms in total. The van der Waals surface area contributed by atoms with Crippen LogP contribution in [0.25, 0.3) is 0 Å². The van der Waals surface area contributed by atoms with Crippen LogP contribution >= 0.6 is 0 Å². The second-order valence-corrected chi connectivity index (χ2v) is 6.12. The van der Waals surface area contributed by atoms with Crippen LogP contribution < -0.4 is 5.32 Å². The van der Waals surface area contributed by atoms with Gasteiger partial charge in [0.05, 0.1) is 0 Å². The lowest BCUT2D eigenvalue weighted by Crippen LogP contribution is -2.29. The van der Waals surface area contributed by atoms with Gasteiger partial charge in [-0.2, -0.15) is 0 Å². The van der Waals surface area contributed by atoms with Crippen LogP contribution in [0.15, 0.2) is 18.7 Å². The molecule has 1 aliphatic heterocycles. The van der Waals surface area contributed by atoms with Gasteiger partial charge < -0.3 is 14.8 Å². The summed E-state index contributed by atoms with van der Waals surface area (Å²) in [5.41, 5.74) is 1.16. The Labute approximate surface area is 137 Å². The molecule has 3 heterocycles. The van der Waals surface area contributed by atoms with Crippen molar-refractivity contribution in [1.82, 2.24) is 29.6 Å². The highest BCUT2D eigenvalue weighted by molar-refractivity contribution is 5.36. The van der Waals surface area contributed by atoms with Crippen molar-refractivity contribution in [3.63, 3.8) is 0 Å². The molecule has 1 saturated heterocycles. The number of aromatic nitrogens is 5. The molecule has 0 atom stereocenters. The van der Waals surface area contributed by atoms with E-state index in [9.17, 15) is 0 Å². The van der Waals surface area contributed by atoms with Gasteiger partial charge in [-0.1, -0.05) is 0 Å². The number of anilines is 1. The maximum atomic E-state index is 4.48. The van der Waals surface area contributed by atoms with E-state index in [2.05, 4.69) is 55.0 Å². The van der Waals surface area contributed by atoms with E-state index in [1.165, 1.54) is 12.8 Å². The molecular formula is C16H25N7. The van der Waals surface area contributed by atoms with Crippen molar-refractivity contribution in [3.8, 4) is 0 Å². The largest absolute Gasteiger partial charge is 0.370 e. The van der Waals surface area contributed by atoms with Crippen LogP contribution in [-0.4, -0.2) is 56.3 Å². The van der Waals surface area contributed by atoms with Crippen molar-refractivity contribution in [2.45, 2.75) is 38.6 Å². The lowest BCUT2D eigenvalue weighted by atomic mass is 9.93. The van der Waals surface area contributed by atoms with E-state index in [0.717, 1.165) is 49.9 Å². The topological polar surface area (TPSA) is 71.8 Å². The molecule has 1 N–H and O–H groups in total. The van der Waals surface area contributed by atoms with Crippen LogP contribution in [0.5, 0.6) is 0 Å². The molecule has 0 aromatic carbocycles. The third-order valence-electron chi connectivity index (χ3n) is 4.52. The van der Waals surface area contributed by atoms with Crippen LogP contribution in [0.3, 0.4) is 0 Å². The average molecular weight is 315 g/mol. The monoisotopic (exact) mass is 315 g/mol. The summed E-state index contributed by atoms with van der Waals surface area (Å²) in [5.74, 6) is 2.46. The molecule has 1 fully saturated rings. The van der Waals surface area contributed by atoms with Crippen molar-refractivity contribution < 1.29 is 0 Å². The molecule has 23 heavy (non-hydrogen) atoms. The molecule has 2 aromatic heterocycles. The summed E-state index contributed by atoms with van der Waals surface area (Å²) in [4.78, 5) is 11.2. The third kappa shape index (κ3) is 4.04. The fraction of sp³-hybridized carbons (Fsp3) is 0.625. The van der Waals surface area contributed by atoms with Crippen LogP contribution in [0.4, 0.5) is 5.82 Å². The Morgan fingerprint density at radius 2 is 2.09 bits per heavy atom. The fourth-order valence-electron chi connectivity index (χ4n) is 3.04. The summed E-state index contributed by atoms with van der Waals surface area (Å²) in [6.45, 7) is 6.07. The van der Waals surface area contributed by atoms with Gasteiger partial charge in [0, 0.05) is 37.2 Å². The summed E-state index contributed by atoms with van der Waals surface area (Å²) < 4.78 is 2.06. The van der Waals surface area contributed by atoms with Crippen LogP contribution in [0.2, 0.25) is 0 Å². The van der Waals surface area contributed by atoms with Crippen LogP contribution in [0, 0.1) is 0 Å². The lowest BCUT2D eigenvalue weighted by molar-refractivity contribution is 0.253. The van der Waals surface area contributed by atoms with Gasteiger partial charge in [-0.3, -0.25) is 0 Å². The van der Waals surface area contributed by atoms with Crippen molar-refractivity contribution in [3.05, 3.63) is 30.2 Å². The Morgan fingerprint density at radius 1 is 1.26 bits per heavy atom. The van der Waals surface area contributed by atoms with E-state index in [-0.39, 0.29) is 0 Å². The summed E-state index contributed by atoms with van der Waals surface area (Å²) >= 11 is 0. The lowest BCUT2D eigenvalue weighted by Gasteiger charge is -2.28. The molecule has 0 unspecified atom stereocenters. The summed E-state index contributed by atoms with van der Waals surface area (Å²) in [6.07, 6.45) is 6.63. The van der Waals surface area contributed by atoms with Gasteiger partial charge >= 0.3 is 0 Å². The minimum Gasteiger partial charge on any atom is -0.370 e. The maximum absolute atomic E-state index is 4.48. The fourth-order valence-corrected chi connectivity index (χ4v) is 3.04. The number of hydrogen-bond acceptors (Lipinski definition) is 6. The second-order valence-electron chi connectivity index (χ2n) is 6.12. The number of rotatable bonds is 6. The van der Waals surface area contributed by atoms with Crippen molar-refractivity contribution in [2.24, 2.45) is 0 Å². The number of aryl methyl sites for hydroxylation is 1. The van der Waals surface area contributed by atoms with Gasteiger partial charge in [-0.15, -0.1) is 10.2 Å². The predicted octanol–water partition coefficient (Wildman–Crippen LogP) is 1.55. The van der Waals surface area contributed by atoms with Gasteiger partial charge in [0.1, 0.15) is 24.3 Å². The molecule has 0 amide bonds. The Kier molecular flexibility index (Phi) is 5.17. The minimum atomic E-state index is 0.554. The molecule has 0 radical (unpaired) electrons. The predicted molar refractivity (Wildman–Crippen MR) is 89.4 cm³/mol. The first-order chi connectivity index (χ1) is 11.3. The molecule has 0 saturated carbocycles. The zero-order valence-electron chi connectivity index (χ0n) is 13.9. The highest BCUT2D eigenvalue weighted by Gasteiger charge is 2.19. The number of nitrogens with one attached hydrogen (secondary N) is 1. The van der Waals surface area contributed by atoms with E-state index in [1.807, 2.05) is 0 Å². The zero-order chi connectivity index (χ0) is 16.1. The molecule has 0 bridgehead atoms. The van der Waals surface area contributed by atoms with E-state index in [1.54, 1.807) is 12.7 Å². The molecule has 2 aromatic rings. The number of piperidine rings is 1. The third-order valence-corrected chi connectivity index (χ3v) is 4.52. The van der Waals surface area contributed by atoms with E-state index >= 15 is 0 Å². The highest BCUT2D eigenvalue weighted by atomic mass is 15.3. The summed E-state index contributed by atoms with van der Waals surface area (Å²) in [5, 5.41) is 11.5. The van der Waals surface area contributed by atoms with Crippen molar-refractivity contribution >= 4 is 5.82 Å². The molecule has 7 heteroatoms. The molecule has 3 rings (SSSR count). The highest BCUT2D eigenvalue weighted by Crippen LogP contribution is 2.26. The second kappa shape index (κ2) is 7.50. The van der Waals surface area contributed by atoms with E-state index in [0.29, 0.717) is 5.92 Å². The summed E-state index contributed by atoms with van der Waals surface area (Å²) in [7, 11) is 2.18. The first-order valence-electron chi connectivity index (χ1n) is 8.37. The average Bonchev–Trinajstić information content (AvgIpc) is 3.03. The number of likely N-dealkylation sites (tertiary alicyclic amines) is 1. The Bertz CT molecular complexity index is 616. The van der Waals surface area contributed by atoms with Gasteiger partial charge in [0.2, 0.25) is 0 Å². The van der Waals surface area contributed by atoms with Gasteiger partial charge in [-0.05, 0) is 39.9 Å². The van der Waals surface area contributed by atoms with Crippen molar-refractivity contribution in [1.29, 1.82) is 0 Å². The zero-order valence-corrected chi connectivity index (χ0v) is 13.9. The van der Waals surface area contributed by atoms with E-state index < -0.39 is 0 Å². The van der Waals surface area contributed by atoms with E-state index in [4.69, 9.17) is 0 Å². The normalized spacial score (nSPS) is 16.6. The quantitative estimate of drug-likeness (QED) is 0.872. The molecule has 0 spiro atoms. The summed E-state index contributed by atoms with van der Waals surface area (Å²) in [6, 6.07) is 2.10. The minimum absolute atomic E-state index is 0.554. The smallest absolute Gasteiger partial charge is 0.134 e. The molecule has 1 aliphatic rings. The standard InChI is InChI=1S/C16H25N7/c1-3-23-12-20-21-16(23)4-7-17-15-10-14(18-11-19-15)13-5-8-22(2)9-6-13/h10-13H,3-9H2,1-2H3,(H,17,18,19). The van der Waals surface area contributed by atoms with Gasteiger partial charge in [0.25, 0.3) is 0 Å². The van der Waals surface area contributed by atoms with Gasteiger partial charge in [0.15, 0.2) is 0 Å². The Hall–Kier alpha value is -2.02. The van der Waals surface area contributed by atoms with Crippen LogP contribution in [0.1, 0.15) is 37.2 Å². The van der Waals surface area contributed by atoms with Crippen LogP contribution in [-0.2, 0) is 13.0 Å². The molecular weight excluding hydrogens is 290 g/mol. The Balaban J connectivity index is 1.55. The number of hydrogen-bond donors (Lipinski definition) is 1. The molecule has 124 valence electrons. The number of nitrogens with zero attached hydrogens (tertiary/aromatic N) is 6. The van der Waals surface area contributed by atoms with Gasteiger partial charge in [-0.25, -0.2) is 9.97 Å². The Morgan fingerprint density at radius 3 is 2.87 bits per heavy atom. The maximum Gasteiger partial charge on any atom is 0.134 e.